The maximum atomic E-state index is 11.2. The van der Waals surface area contributed by atoms with Crippen LogP contribution in [0.2, 0.25) is 0 Å². The molecule has 0 unspecified atom stereocenters. The molecule has 2 rings (SSSR count). The Bertz CT molecular complexity index is 466. The Morgan fingerprint density at radius 1 is 1.43 bits per heavy atom. The zero-order valence-corrected chi connectivity index (χ0v) is 12.7. The molecule has 0 aliphatic heterocycles. The van der Waals surface area contributed by atoms with Crippen LogP contribution in [0.4, 0.5) is 0 Å². The van der Waals surface area contributed by atoms with Crippen molar-refractivity contribution < 1.29 is 15.0 Å². The fourth-order valence-electron chi connectivity index (χ4n) is 3.34. The molecule has 21 heavy (non-hydrogen) atoms. The molecule has 0 atom stereocenters. The Labute approximate surface area is 125 Å². The monoisotopic (exact) mass is 295 g/mol. The van der Waals surface area contributed by atoms with Crippen molar-refractivity contribution in [2.24, 2.45) is 0 Å². The third-order valence-electron chi connectivity index (χ3n) is 4.51. The van der Waals surface area contributed by atoms with E-state index in [0.29, 0.717) is 13.1 Å². The van der Waals surface area contributed by atoms with Gasteiger partial charge in [0.2, 0.25) is 0 Å². The number of carboxylic acid groups (broad SMARTS) is 1. The molecular weight excluding hydrogens is 270 g/mol. The molecule has 1 aliphatic carbocycles. The molecule has 1 aromatic rings. The van der Waals surface area contributed by atoms with Gasteiger partial charge < -0.3 is 10.2 Å². The molecule has 1 aliphatic rings. The number of carboxylic acids is 1. The highest BCUT2D eigenvalue weighted by Gasteiger charge is 2.38. The normalized spacial score (nSPS) is 18.0. The number of aromatic nitrogens is 2. The smallest absolute Gasteiger partial charge is 0.305 e. The molecule has 1 aromatic heterocycles. The molecule has 6 nitrogen and oxygen atoms in total. The Kier molecular flexibility index (Phi) is 5.36. The number of aliphatic hydroxyl groups is 1. The van der Waals surface area contributed by atoms with Gasteiger partial charge in [-0.05, 0) is 19.9 Å². The minimum atomic E-state index is -0.722. The van der Waals surface area contributed by atoms with E-state index < -0.39 is 5.97 Å². The predicted octanol–water partition coefficient (Wildman–Crippen LogP) is 1.48. The van der Waals surface area contributed by atoms with Gasteiger partial charge in [-0.2, -0.15) is 5.10 Å². The Hall–Kier alpha value is -1.40. The lowest BCUT2D eigenvalue weighted by atomic mass is 9.78. The van der Waals surface area contributed by atoms with E-state index in [2.05, 4.69) is 10.00 Å². The van der Waals surface area contributed by atoms with Crippen LogP contribution in [-0.4, -0.2) is 50.1 Å². The lowest BCUT2D eigenvalue weighted by Gasteiger charge is -2.43. The number of aliphatic carboxylic acids is 1. The van der Waals surface area contributed by atoms with Gasteiger partial charge in [-0.3, -0.25) is 14.4 Å². The van der Waals surface area contributed by atoms with Crippen molar-refractivity contribution >= 4 is 5.97 Å². The SMILES string of the molecule is CN(Cc1cnn(CCO)c1)C1(CC(=O)O)CCCCC1. The average molecular weight is 295 g/mol. The van der Waals surface area contributed by atoms with Gasteiger partial charge in [-0.1, -0.05) is 19.3 Å². The number of nitrogens with zero attached hydrogens (tertiary/aromatic N) is 3. The number of hydrogen-bond donors (Lipinski definition) is 2. The van der Waals surface area contributed by atoms with E-state index in [1.807, 2.05) is 13.2 Å². The van der Waals surface area contributed by atoms with Gasteiger partial charge in [0.25, 0.3) is 0 Å². The molecule has 0 radical (unpaired) electrons. The summed E-state index contributed by atoms with van der Waals surface area (Å²) < 4.78 is 1.72. The van der Waals surface area contributed by atoms with Gasteiger partial charge in [0, 0.05) is 23.8 Å². The molecule has 1 fully saturated rings. The summed E-state index contributed by atoms with van der Waals surface area (Å²) in [6, 6.07) is 0. The lowest BCUT2D eigenvalue weighted by Crippen LogP contribution is -2.48. The number of aliphatic hydroxyl groups excluding tert-OH is 1. The van der Waals surface area contributed by atoms with Crippen LogP contribution in [0.5, 0.6) is 0 Å². The Morgan fingerprint density at radius 3 is 2.76 bits per heavy atom. The van der Waals surface area contributed by atoms with Crippen LogP contribution in [0.25, 0.3) is 0 Å². The predicted molar refractivity (Wildman–Crippen MR) is 78.8 cm³/mol. The highest BCUT2D eigenvalue weighted by Crippen LogP contribution is 2.36. The fraction of sp³-hybridized carbons (Fsp3) is 0.733. The summed E-state index contributed by atoms with van der Waals surface area (Å²) in [6.07, 6.45) is 9.20. The van der Waals surface area contributed by atoms with Crippen molar-refractivity contribution in [3.8, 4) is 0 Å². The highest BCUT2D eigenvalue weighted by molar-refractivity contribution is 5.68. The number of carbonyl (C=O) groups is 1. The van der Waals surface area contributed by atoms with Gasteiger partial charge in [-0.25, -0.2) is 0 Å². The largest absolute Gasteiger partial charge is 0.481 e. The van der Waals surface area contributed by atoms with Gasteiger partial charge in [0.05, 0.1) is 25.8 Å². The van der Waals surface area contributed by atoms with Crippen LogP contribution in [0.3, 0.4) is 0 Å². The zero-order chi connectivity index (χ0) is 15.3. The molecule has 0 spiro atoms. The average Bonchev–Trinajstić information content (AvgIpc) is 2.87. The fourth-order valence-corrected chi connectivity index (χ4v) is 3.34. The van der Waals surface area contributed by atoms with E-state index in [1.54, 1.807) is 10.9 Å². The first-order valence-electron chi connectivity index (χ1n) is 7.61. The van der Waals surface area contributed by atoms with E-state index >= 15 is 0 Å². The van der Waals surface area contributed by atoms with E-state index in [9.17, 15) is 9.90 Å². The first-order chi connectivity index (χ1) is 10.1. The van der Waals surface area contributed by atoms with Gasteiger partial charge in [0.15, 0.2) is 0 Å². The second kappa shape index (κ2) is 7.04. The van der Waals surface area contributed by atoms with Gasteiger partial charge in [-0.15, -0.1) is 0 Å². The van der Waals surface area contributed by atoms with Gasteiger partial charge >= 0.3 is 5.97 Å². The van der Waals surface area contributed by atoms with Crippen LogP contribution < -0.4 is 0 Å². The molecule has 1 heterocycles. The van der Waals surface area contributed by atoms with Crippen molar-refractivity contribution in [3.63, 3.8) is 0 Å². The molecule has 2 N–H and O–H groups in total. The first-order valence-corrected chi connectivity index (χ1v) is 7.61. The Balaban J connectivity index is 2.06. The third-order valence-corrected chi connectivity index (χ3v) is 4.51. The molecule has 6 heteroatoms. The summed E-state index contributed by atoms with van der Waals surface area (Å²) in [6.45, 7) is 1.25. The molecule has 0 amide bonds. The highest BCUT2D eigenvalue weighted by atomic mass is 16.4. The summed E-state index contributed by atoms with van der Waals surface area (Å²) >= 11 is 0. The van der Waals surface area contributed by atoms with Crippen LogP contribution >= 0.6 is 0 Å². The van der Waals surface area contributed by atoms with Crippen molar-refractivity contribution in [2.75, 3.05) is 13.7 Å². The summed E-state index contributed by atoms with van der Waals surface area (Å²) in [4.78, 5) is 13.4. The third kappa shape index (κ3) is 4.04. The van der Waals surface area contributed by atoms with E-state index in [4.69, 9.17) is 5.11 Å². The maximum Gasteiger partial charge on any atom is 0.305 e. The second-order valence-electron chi connectivity index (χ2n) is 6.05. The standard InChI is InChI=1S/C15H25N3O3/c1-17(11-13-10-16-18(12-13)7-8-19)15(9-14(20)21)5-3-2-4-6-15/h10,12,19H,2-9,11H2,1H3,(H,20,21). The van der Waals surface area contributed by atoms with Crippen molar-refractivity contribution in [1.82, 2.24) is 14.7 Å². The number of rotatable bonds is 7. The van der Waals surface area contributed by atoms with E-state index in [1.165, 1.54) is 6.42 Å². The zero-order valence-electron chi connectivity index (χ0n) is 12.7. The van der Waals surface area contributed by atoms with Crippen LogP contribution in [0.15, 0.2) is 12.4 Å². The minimum absolute atomic E-state index is 0.0694. The molecule has 1 saturated carbocycles. The maximum absolute atomic E-state index is 11.2. The first kappa shape index (κ1) is 16.0. The molecule has 0 aromatic carbocycles. The molecular formula is C15H25N3O3. The topological polar surface area (TPSA) is 78.6 Å². The van der Waals surface area contributed by atoms with Crippen LogP contribution in [0.1, 0.15) is 44.1 Å². The Morgan fingerprint density at radius 2 is 2.14 bits per heavy atom. The summed E-state index contributed by atoms with van der Waals surface area (Å²) in [7, 11) is 2.01. The minimum Gasteiger partial charge on any atom is -0.481 e. The summed E-state index contributed by atoms with van der Waals surface area (Å²) in [5.74, 6) is -0.722. The van der Waals surface area contributed by atoms with E-state index in [0.717, 1.165) is 31.2 Å². The van der Waals surface area contributed by atoms with Crippen molar-refractivity contribution in [3.05, 3.63) is 18.0 Å². The summed E-state index contributed by atoms with van der Waals surface area (Å²) in [5.41, 5.74) is 0.824. The molecule has 118 valence electrons. The second-order valence-corrected chi connectivity index (χ2v) is 6.05. The molecule has 0 bridgehead atoms. The van der Waals surface area contributed by atoms with Gasteiger partial charge in [0.1, 0.15) is 0 Å². The molecule has 0 saturated heterocycles. The summed E-state index contributed by atoms with van der Waals surface area (Å²) in [5, 5.41) is 22.4. The van der Waals surface area contributed by atoms with E-state index in [-0.39, 0.29) is 18.6 Å². The van der Waals surface area contributed by atoms with Crippen molar-refractivity contribution in [1.29, 1.82) is 0 Å². The number of hydrogen-bond acceptors (Lipinski definition) is 4. The lowest BCUT2D eigenvalue weighted by molar-refractivity contribution is -0.141. The quantitative estimate of drug-likeness (QED) is 0.796. The van der Waals surface area contributed by atoms with Crippen molar-refractivity contribution in [2.45, 2.75) is 57.2 Å². The van der Waals surface area contributed by atoms with Crippen LogP contribution in [-0.2, 0) is 17.9 Å². The van der Waals surface area contributed by atoms with Crippen LogP contribution in [0, 0.1) is 0 Å².